The van der Waals surface area contributed by atoms with Crippen LogP contribution in [0.3, 0.4) is 0 Å². The lowest BCUT2D eigenvalue weighted by Crippen LogP contribution is -2.01. The number of rotatable bonds is 9. The fourth-order valence-corrected chi connectivity index (χ4v) is 9.17. The van der Waals surface area contributed by atoms with E-state index in [9.17, 15) is 10.2 Å². The van der Waals surface area contributed by atoms with E-state index in [1.54, 1.807) is 12.4 Å². The van der Waals surface area contributed by atoms with E-state index in [2.05, 4.69) is 170 Å². The molecule has 0 aliphatic heterocycles. The van der Waals surface area contributed by atoms with Crippen LogP contribution in [0.4, 0.5) is 11.4 Å². The van der Waals surface area contributed by atoms with Crippen molar-refractivity contribution in [3.05, 3.63) is 96.2 Å². The highest BCUT2D eigenvalue weighted by atomic mass is 127. The van der Waals surface area contributed by atoms with Crippen molar-refractivity contribution in [1.29, 1.82) is 0 Å². The number of aliphatic imine (C=N–C) groups is 2. The Bertz CT molecular complexity index is 1630. The number of phenolic OH excluding ortho intramolecular Hbond substituents is 2. The summed E-state index contributed by atoms with van der Waals surface area (Å²) in [5.74, 6) is 1.51. The van der Waals surface area contributed by atoms with Crippen LogP contribution in [0.1, 0.15) is 112 Å². The van der Waals surface area contributed by atoms with E-state index in [4.69, 9.17) is 9.98 Å². The van der Waals surface area contributed by atoms with E-state index in [1.165, 1.54) is 33.4 Å². The summed E-state index contributed by atoms with van der Waals surface area (Å²) < 4.78 is 3.75. The molecule has 0 aliphatic carbocycles. The second-order valence-corrected chi connectivity index (χ2v) is 17.6. The van der Waals surface area contributed by atoms with Crippen LogP contribution < -0.4 is 0 Å². The number of hydrogen-bond donors (Lipinski definition) is 2. The van der Waals surface area contributed by atoms with Gasteiger partial charge < -0.3 is 10.2 Å². The molecule has 0 bridgehead atoms. The van der Waals surface area contributed by atoms with Crippen molar-refractivity contribution in [1.82, 2.24) is 0 Å². The first-order chi connectivity index (χ1) is 21.6. The quantitative estimate of drug-likeness (QED) is 0.130. The Kier molecular flexibility index (Phi) is 13.0. The van der Waals surface area contributed by atoms with Gasteiger partial charge in [0.05, 0.1) is 18.5 Å². The Hall–Kier alpha value is -1.26. The molecule has 46 heavy (non-hydrogen) atoms. The minimum Gasteiger partial charge on any atom is -0.506 e. The molecule has 4 nitrogen and oxygen atoms in total. The van der Waals surface area contributed by atoms with E-state index in [0.29, 0.717) is 0 Å². The summed E-state index contributed by atoms with van der Waals surface area (Å²) in [5, 5.41) is 21.5. The topological polar surface area (TPSA) is 65.2 Å². The molecule has 0 amide bonds. The van der Waals surface area contributed by atoms with Gasteiger partial charge in [0.1, 0.15) is 11.5 Å². The van der Waals surface area contributed by atoms with Gasteiger partial charge in [0.25, 0.3) is 0 Å². The second-order valence-electron chi connectivity index (χ2n) is 12.8. The Morgan fingerprint density at radius 3 is 1.02 bits per heavy atom. The molecule has 2 N–H and O–H groups in total. The predicted octanol–water partition coefficient (Wildman–Crippen LogP) is 13.2. The van der Waals surface area contributed by atoms with E-state index < -0.39 is 0 Å². The van der Waals surface area contributed by atoms with Crippen molar-refractivity contribution in [3.63, 3.8) is 0 Å². The minimum absolute atomic E-state index is 0.247. The molecule has 0 unspecified atom stereocenters. The van der Waals surface area contributed by atoms with Crippen LogP contribution >= 0.6 is 90.4 Å². The second kappa shape index (κ2) is 16.0. The maximum atomic E-state index is 10.7. The van der Waals surface area contributed by atoms with Crippen molar-refractivity contribution in [2.45, 2.75) is 79.1 Å². The highest BCUT2D eigenvalue weighted by Gasteiger charge is 2.20. The van der Waals surface area contributed by atoms with Gasteiger partial charge >= 0.3 is 0 Å². The molecule has 0 atom stereocenters. The summed E-state index contributed by atoms with van der Waals surface area (Å²) in [4.78, 5) is 10.1. The number of halogens is 4. The lowest BCUT2D eigenvalue weighted by atomic mass is 9.85. The molecular weight excluding hydrogens is 1020 g/mol. The molecule has 4 aromatic carbocycles. The molecular formula is C38H40I4N2O2. The van der Waals surface area contributed by atoms with Crippen LogP contribution in [0.5, 0.6) is 11.5 Å². The van der Waals surface area contributed by atoms with Crippen molar-refractivity contribution in [3.8, 4) is 22.6 Å². The van der Waals surface area contributed by atoms with Crippen LogP contribution in [0.2, 0.25) is 0 Å². The fourth-order valence-electron chi connectivity index (χ4n) is 5.39. The Morgan fingerprint density at radius 2 is 0.761 bits per heavy atom. The number of phenols is 2. The van der Waals surface area contributed by atoms with Gasteiger partial charge in [-0.05, 0) is 196 Å². The normalized spacial score (nSPS) is 12.3. The van der Waals surface area contributed by atoms with Crippen LogP contribution in [0.15, 0.2) is 58.5 Å². The average molecular weight is 1060 g/mol. The van der Waals surface area contributed by atoms with Crippen LogP contribution in [-0.4, -0.2) is 22.6 Å². The molecule has 0 saturated carbocycles. The molecule has 0 fully saturated rings. The monoisotopic (exact) mass is 1060 g/mol. The summed E-state index contributed by atoms with van der Waals surface area (Å²) in [6.07, 6.45) is 3.61. The highest BCUT2D eigenvalue weighted by Crippen LogP contribution is 2.43. The Labute approximate surface area is 328 Å². The number of aromatic hydroxyl groups is 2. The zero-order valence-electron chi connectivity index (χ0n) is 27.4. The van der Waals surface area contributed by atoms with Crippen molar-refractivity contribution in [2.24, 2.45) is 9.98 Å². The SMILES string of the molecule is CC(C)c1cc(-c2cc(C(C)C)c(N=Cc3cc(I)cc(I)c3O)c(C(C)C)c2)cc(C(C)C)c1N=Cc1cc(I)cc(I)c1O. The molecule has 0 aliphatic rings. The van der Waals surface area contributed by atoms with Gasteiger partial charge in [-0.25, -0.2) is 0 Å². The number of nitrogens with zero attached hydrogens (tertiary/aromatic N) is 2. The first kappa shape index (κ1) is 37.6. The number of hydrogen-bond acceptors (Lipinski definition) is 4. The largest absolute Gasteiger partial charge is 0.506 e. The minimum atomic E-state index is 0.247. The summed E-state index contributed by atoms with van der Waals surface area (Å²) in [5.41, 5.74) is 10.5. The lowest BCUT2D eigenvalue weighted by Gasteiger charge is -2.22. The van der Waals surface area contributed by atoms with Gasteiger partial charge in [0, 0.05) is 30.7 Å². The van der Waals surface area contributed by atoms with E-state index in [0.717, 1.165) is 36.8 Å². The van der Waals surface area contributed by atoms with Gasteiger partial charge in [0.2, 0.25) is 0 Å². The number of benzene rings is 4. The van der Waals surface area contributed by atoms with Crippen molar-refractivity contribution >= 4 is 114 Å². The fraction of sp³-hybridized carbons (Fsp3) is 0.316. The predicted molar refractivity (Wildman–Crippen MR) is 230 cm³/mol. The third kappa shape index (κ3) is 8.66. The molecule has 4 aromatic rings. The summed E-state index contributed by atoms with van der Waals surface area (Å²) >= 11 is 8.89. The molecule has 0 radical (unpaired) electrons. The lowest BCUT2D eigenvalue weighted by molar-refractivity contribution is 0.470. The van der Waals surface area contributed by atoms with Gasteiger partial charge in [-0.2, -0.15) is 0 Å². The maximum absolute atomic E-state index is 10.7. The van der Waals surface area contributed by atoms with E-state index in [-0.39, 0.29) is 35.2 Å². The van der Waals surface area contributed by atoms with Gasteiger partial charge in [0.15, 0.2) is 0 Å². The Balaban J connectivity index is 1.92. The molecule has 242 valence electrons. The van der Waals surface area contributed by atoms with E-state index >= 15 is 0 Å². The summed E-state index contributed by atoms with van der Waals surface area (Å²) in [7, 11) is 0. The highest BCUT2D eigenvalue weighted by molar-refractivity contribution is 14.1. The maximum Gasteiger partial charge on any atom is 0.137 e. The van der Waals surface area contributed by atoms with Crippen LogP contribution in [-0.2, 0) is 0 Å². The zero-order chi connectivity index (χ0) is 34.0. The van der Waals surface area contributed by atoms with Gasteiger partial charge in [-0.3, -0.25) is 9.98 Å². The smallest absolute Gasteiger partial charge is 0.137 e. The third-order valence-electron chi connectivity index (χ3n) is 7.94. The standard InChI is InChI=1S/C38H40I4N2O2/c1-19(2)29-11-23(12-30(20(3)4)35(29)43-17-25-9-27(39)15-33(41)37(25)45)24-13-31(21(5)6)36(32(14-24)22(7)8)44-18-26-10-28(40)16-34(42)38(26)46/h9-22,45-46H,1-8H3. The Morgan fingerprint density at radius 1 is 0.478 bits per heavy atom. The van der Waals surface area contributed by atoms with Crippen molar-refractivity contribution in [2.75, 3.05) is 0 Å². The van der Waals surface area contributed by atoms with Crippen LogP contribution in [0.25, 0.3) is 11.1 Å². The zero-order valence-corrected chi connectivity index (χ0v) is 36.0. The first-order valence-electron chi connectivity index (χ1n) is 15.4. The van der Waals surface area contributed by atoms with Gasteiger partial charge in [-0.1, -0.05) is 55.4 Å². The third-order valence-corrected chi connectivity index (χ3v) is 10.8. The molecule has 0 aromatic heterocycles. The van der Waals surface area contributed by atoms with Crippen molar-refractivity contribution < 1.29 is 10.2 Å². The first-order valence-corrected chi connectivity index (χ1v) is 19.7. The molecule has 0 spiro atoms. The van der Waals surface area contributed by atoms with Gasteiger partial charge in [-0.15, -0.1) is 0 Å². The molecule has 8 heteroatoms. The average Bonchev–Trinajstić information content (AvgIpc) is 2.98. The summed E-state index contributed by atoms with van der Waals surface area (Å²) in [6, 6.07) is 17.0. The molecule has 0 heterocycles. The van der Waals surface area contributed by atoms with E-state index in [1.807, 2.05) is 24.3 Å². The molecule has 4 rings (SSSR count). The molecule has 0 saturated heterocycles. The van der Waals surface area contributed by atoms with Crippen LogP contribution in [0, 0.1) is 14.3 Å². The summed E-state index contributed by atoms with van der Waals surface area (Å²) in [6.45, 7) is 17.7.